The SMILES string of the molecule is CCCNC(=O)[C@@H]1[C@@H](CO)[C@@H]2Cn3c(ccc(-c4ccccc4OC)c3=O)[C@@H]2N1C(=O)CC. The van der Waals surface area contributed by atoms with E-state index in [0.29, 0.717) is 35.7 Å². The molecule has 2 aromatic rings. The predicted octanol–water partition coefficient (Wildman–Crippen LogP) is 1.95. The first-order valence-electron chi connectivity index (χ1n) is 11.5. The van der Waals surface area contributed by atoms with Crippen LogP contribution in [-0.2, 0) is 16.1 Å². The molecule has 0 aliphatic carbocycles. The van der Waals surface area contributed by atoms with Gasteiger partial charge in [-0.3, -0.25) is 14.4 Å². The highest BCUT2D eigenvalue weighted by molar-refractivity contribution is 5.89. The van der Waals surface area contributed by atoms with Crippen molar-refractivity contribution >= 4 is 11.8 Å². The van der Waals surface area contributed by atoms with Crippen LogP contribution in [0.25, 0.3) is 11.1 Å². The van der Waals surface area contributed by atoms with Gasteiger partial charge in [-0.05, 0) is 24.6 Å². The molecule has 8 nitrogen and oxygen atoms in total. The number of aliphatic hydroxyl groups is 1. The van der Waals surface area contributed by atoms with Crippen LogP contribution >= 0.6 is 0 Å². The molecule has 0 saturated carbocycles. The third-order valence-electron chi connectivity index (χ3n) is 6.88. The topological polar surface area (TPSA) is 101 Å². The lowest BCUT2D eigenvalue weighted by Gasteiger charge is -2.30. The first-order valence-corrected chi connectivity index (χ1v) is 11.5. The van der Waals surface area contributed by atoms with Crippen molar-refractivity contribution in [1.29, 1.82) is 0 Å². The summed E-state index contributed by atoms with van der Waals surface area (Å²) in [6.07, 6.45) is 1.02. The Bertz CT molecular complexity index is 1110. The van der Waals surface area contributed by atoms with Gasteiger partial charge in [0.1, 0.15) is 11.8 Å². The number of aromatic nitrogens is 1. The lowest BCUT2D eigenvalue weighted by Crippen LogP contribution is -2.50. The summed E-state index contributed by atoms with van der Waals surface area (Å²) in [6, 6.07) is 9.81. The third kappa shape index (κ3) is 3.72. The summed E-state index contributed by atoms with van der Waals surface area (Å²) in [5, 5.41) is 13.1. The van der Waals surface area contributed by atoms with E-state index in [4.69, 9.17) is 4.74 Å². The Morgan fingerprint density at radius 1 is 1.15 bits per heavy atom. The van der Waals surface area contributed by atoms with E-state index in [9.17, 15) is 19.5 Å². The van der Waals surface area contributed by atoms with E-state index in [-0.39, 0.29) is 36.3 Å². The fourth-order valence-corrected chi connectivity index (χ4v) is 5.37. The molecule has 8 heteroatoms. The van der Waals surface area contributed by atoms with E-state index in [2.05, 4.69) is 5.32 Å². The Balaban J connectivity index is 1.80. The van der Waals surface area contributed by atoms with Gasteiger partial charge in [0.2, 0.25) is 11.8 Å². The zero-order valence-corrected chi connectivity index (χ0v) is 19.3. The molecule has 3 heterocycles. The van der Waals surface area contributed by atoms with Crippen LogP contribution in [0, 0.1) is 11.8 Å². The second-order valence-electron chi connectivity index (χ2n) is 8.63. The van der Waals surface area contributed by atoms with Gasteiger partial charge in [0.15, 0.2) is 0 Å². The van der Waals surface area contributed by atoms with E-state index in [0.717, 1.165) is 6.42 Å². The van der Waals surface area contributed by atoms with Crippen molar-refractivity contribution in [2.45, 2.75) is 45.3 Å². The summed E-state index contributed by atoms with van der Waals surface area (Å²) in [5.74, 6) is -0.462. The molecular formula is C25H31N3O5. The first-order chi connectivity index (χ1) is 16.0. The summed E-state index contributed by atoms with van der Waals surface area (Å²) in [5.41, 5.74) is 1.75. The van der Waals surface area contributed by atoms with Crippen LogP contribution in [0.15, 0.2) is 41.2 Å². The molecule has 2 aliphatic rings. The maximum Gasteiger partial charge on any atom is 0.258 e. The largest absolute Gasteiger partial charge is 0.496 e. The van der Waals surface area contributed by atoms with Gasteiger partial charge in [0, 0.05) is 49.2 Å². The second kappa shape index (κ2) is 9.39. The number of amides is 2. The number of carbonyl (C=O) groups is 2. The van der Waals surface area contributed by atoms with Crippen molar-refractivity contribution < 1.29 is 19.4 Å². The molecule has 2 N–H and O–H groups in total. The quantitative estimate of drug-likeness (QED) is 0.667. The number of likely N-dealkylation sites (tertiary alicyclic amines) is 1. The molecule has 176 valence electrons. The normalized spacial score (nSPS) is 23.2. The number of ether oxygens (including phenoxy) is 1. The van der Waals surface area contributed by atoms with E-state index in [1.54, 1.807) is 29.6 Å². The number of carbonyl (C=O) groups excluding carboxylic acids is 2. The Kier molecular flexibility index (Phi) is 6.56. The Morgan fingerprint density at radius 3 is 2.58 bits per heavy atom. The lowest BCUT2D eigenvalue weighted by molar-refractivity contribution is -0.141. The van der Waals surface area contributed by atoms with Crippen LogP contribution < -0.4 is 15.6 Å². The molecule has 1 aromatic carbocycles. The van der Waals surface area contributed by atoms with Crippen LogP contribution in [0.4, 0.5) is 0 Å². The van der Waals surface area contributed by atoms with Gasteiger partial charge in [-0.25, -0.2) is 0 Å². The van der Waals surface area contributed by atoms with Gasteiger partial charge >= 0.3 is 0 Å². The fourth-order valence-electron chi connectivity index (χ4n) is 5.37. The molecule has 0 spiro atoms. The number of pyridine rings is 1. The molecular weight excluding hydrogens is 422 g/mol. The number of aliphatic hydroxyl groups excluding tert-OH is 1. The highest BCUT2D eigenvalue weighted by atomic mass is 16.5. The number of hydrogen-bond donors (Lipinski definition) is 2. The molecule has 0 unspecified atom stereocenters. The van der Waals surface area contributed by atoms with Gasteiger partial charge in [0.25, 0.3) is 5.56 Å². The summed E-state index contributed by atoms with van der Waals surface area (Å²) in [6.45, 7) is 4.34. The van der Waals surface area contributed by atoms with Gasteiger partial charge in [-0.2, -0.15) is 0 Å². The van der Waals surface area contributed by atoms with Crippen LogP contribution in [-0.4, -0.2) is 52.7 Å². The highest BCUT2D eigenvalue weighted by Gasteiger charge is 2.56. The molecule has 1 fully saturated rings. The molecule has 0 bridgehead atoms. The summed E-state index contributed by atoms with van der Waals surface area (Å²) in [4.78, 5) is 41.2. The number of fused-ring (bicyclic) bond motifs is 3. The fraction of sp³-hybridized carbons (Fsp3) is 0.480. The minimum absolute atomic E-state index is 0.160. The average molecular weight is 454 g/mol. The van der Waals surface area contributed by atoms with Crippen LogP contribution in [0.2, 0.25) is 0 Å². The molecule has 1 saturated heterocycles. The number of nitrogens with one attached hydrogen (secondary N) is 1. The number of rotatable bonds is 7. The third-order valence-corrected chi connectivity index (χ3v) is 6.88. The van der Waals surface area contributed by atoms with Gasteiger partial charge in [-0.15, -0.1) is 0 Å². The molecule has 0 radical (unpaired) electrons. The lowest BCUT2D eigenvalue weighted by atomic mass is 9.88. The Labute approximate surface area is 193 Å². The molecule has 2 amide bonds. The van der Waals surface area contributed by atoms with E-state index in [1.807, 2.05) is 37.3 Å². The molecule has 33 heavy (non-hydrogen) atoms. The first kappa shape index (κ1) is 23.0. The van der Waals surface area contributed by atoms with Crippen LogP contribution in [0.1, 0.15) is 38.4 Å². The number of hydrogen-bond acceptors (Lipinski definition) is 5. The Hall–Kier alpha value is -3.13. The van der Waals surface area contributed by atoms with Crippen LogP contribution in [0.3, 0.4) is 0 Å². The van der Waals surface area contributed by atoms with Crippen molar-refractivity contribution in [3.05, 3.63) is 52.4 Å². The van der Waals surface area contributed by atoms with Crippen molar-refractivity contribution in [2.75, 3.05) is 20.3 Å². The molecule has 1 aromatic heterocycles. The monoisotopic (exact) mass is 453 g/mol. The maximum absolute atomic E-state index is 13.5. The van der Waals surface area contributed by atoms with Gasteiger partial charge in [-0.1, -0.05) is 32.0 Å². The van der Waals surface area contributed by atoms with Crippen LogP contribution in [0.5, 0.6) is 5.75 Å². The predicted molar refractivity (Wildman–Crippen MR) is 124 cm³/mol. The number of nitrogens with zero attached hydrogens (tertiary/aromatic N) is 2. The van der Waals surface area contributed by atoms with Crippen molar-refractivity contribution in [3.63, 3.8) is 0 Å². The van der Waals surface area contributed by atoms with Crippen molar-refractivity contribution in [1.82, 2.24) is 14.8 Å². The Morgan fingerprint density at radius 2 is 1.91 bits per heavy atom. The maximum atomic E-state index is 13.5. The van der Waals surface area contributed by atoms with Gasteiger partial charge < -0.3 is 24.6 Å². The summed E-state index contributed by atoms with van der Waals surface area (Å²) < 4.78 is 7.13. The molecule has 2 aliphatic heterocycles. The van der Waals surface area contributed by atoms with Crippen molar-refractivity contribution in [2.24, 2.45) is 11.8 Å². The second-order valence-corrected chi connectivity index (χ2v) is 8.63. The molecule has 4 rings (SSSR count). The zero-order valence-electron chi connectivity index (χ0n) is 19.3. The highest BCUT2D eigenvalue weighted by Crippen LogP contribution is 2.49. The number of benzene rings is 1. The van der Waals surface area contributed by atoms with Gasteiger partial charge in [0.05, 0.1) is 18.7 Å². The standard InChI is InChI=1S/C25H31N3O5/c1-4-12-26-24(31)23-18(14-29)17-13-27-19(22(17)28(23)21(30)5-2)11-10-16(25(27)32)15-8-6-7-9-20(15)33-3/h6-11,17-18,22-23,29H,4-5,12-14H2,1-3H3,(H,26,31)/t17-,18-,22+,23-/m0/s1. The van der Waals surface area contributed by atoms with E-state index in [1.165, 1.54) is 0 Å². The minimum atomic E-state index is -0.748. The average Bonchev–Trinajstić information content (AvgIpc) is 3.37. The minimum Gasteiger partial charge on any atom is -0.496 e. The number of para-hydroxylation sites is 1. The van der Waals surface area contributed by atoms with E-state index >= 15 is 0 Å². The zero-order chi connectivity index (χ0) is 23.7. The summed E-state index contributed by atoms with van der Waals surface area (Å²) >= 11 is 0. The van der Waals surface area contributed by atoms with Crippen molar-refractivity contribution in [3.8, 4) is 16.9 Å². The van der Waals surface area contributed by atoms with E-state index < -0.39 is 18.0 Å². The molecule has 4 atom stereocenters. The smallest absolute Gasteiger partial charge is 0.258 e. The summed E-state index contributed by atoms with van der Waals surface area (Å²) in [7, 11) is 1.57. The number of methoxy groups -OCH3 is 1.